The van der Waals surface area contributed by atoms with Gasteiger partial charge in [0.05, 0.1) is 6.10 Å². The summed E-state index contributed by atoms with van der Waals surface area (Å²) in [5.74, 6) is 1.84. The van der Waals surface area contributed by atoms with Gasteiger partial charge in [-0.3, -0.25) is 0 Å². The summed E-state index contributed by atoms with van der Waals surface area (Å²) in [5.41, 5.74) is 0.106. The Bertz CT molecular complexity index is 191. The van der Waals surface area contributed by atoms with Crippen molar-refractivity contribution in [2.75, 3.05) is 6.54 Å². The Hall–Kier alpha value is -0.0800. The number of hydrogen-bond donors (Lipinski definition) is 2. The van der Waals surface area contributed by atoms with Crippen molar-refractivity contribution in [2.45, 2.75) is 45.3 Å². The standard InChI is InChI=1S/C11H21NO/c1-7(2)8(3)10(13)11-4-9(5-11)6-12-11/h7-10,12-13H,4-6H2,1-3H3. The molecule has 2 atom stereocenters. The Kier molecular flexibility index (Phi) is 2.16. The van der Waals surface area contributed by atoms with Gasteiger partial charge in [-0.2, -0.15) is 0 Å². The highest BCUT2D eigenvalue weighted by Gasteiger charge is 2.55. The first-order valence-electron chi connectivity index (χ1n) is 5.48. The largest absolute Gasteiger partial charge is 0.391 e. The summed E-state index contributed by atoms with van der Waals surface area (Å²) in [4.78, 5) is 0. The fraction of sp³-hybridized carbons (Fsp3) is 1.00. The lowest BCUT2D eigenvalue weighted by atomic mass is 9.66. The zero-order chi connectivity index (χ0) is 9.64. The van der Waals surface area contributed by atoms with Gasteiger partial charge in [0.25, 0.3) is 0 Å². The maximum absolute atomic E-state index is 10.2. The van der Waals surface area contributed by atoms with Crippen LogP contribution in [0.5, 0.6) is 0 Å². The molecular formula is C11H21NO. The molecule has 76 valence electrons. The van der Waals surface area contributed by atoms with Gasteiger partial charge >= 0.3 is 0 Å². The van der Waals surface area contributed by atoms with E-state index < -0.39 is 0 Å². The van der Waals surface area contributed by atoms with Crippen LogP contribution in [0.15, 0.2) is 0 Å². The number of nitrogens with one attached hydrogen (secondary N) is 1. The molecule has 2 heteroatoms. The van der Waals surface area contributed by atoms with Gasteiger partial charge in [-0.1, -0.05) is 20.8 Å². The quantitative estimate of drug-likeness (QED) is 0.693. The van der Waals surface area contributed by atoms with Crippen LogP contribution in [-0.4, -0.2) is 23.3 Å². The molecule has 13 heavy (non-hydrogen) atoms. The third-order valence-electron chi connectivity index (χ3n) is 4.16. The molecule has 0 radical (unpaired) electrons. The van der Waals surface area contributed by atoms with Crippen LogP contribution in [0.2, 0.25) is 0 Å². The van der Waals surface area contributed by atoms with Gasteiger partial charge in [-0.25, -0.2) is 0 Å². The van der Waals surface area contributed by atoms with E-state index >= 15 is 0 Å². The van der Waals surface area contributed by atoms with Crippen LogP contribution >= 0.6 is 0 Å². The number of rotatable bonds is 3. The molecule has 0 aromatic rings. The van der Waals surface area contributed by atoms with Gasteiger partial charge < -0.3 is 10.4 Å². The molecule has 2 saturated heterocycles. The van der Waals surface area contributed by atoms with Crippen LogP contribution in [0.4, 0.5) is 0 Å². The van der Waals surface area contributed by atoms with Gasteiger partial charge in [0.1, 0.15) is 0 Å². The highest BCUT2D eigenvalue weighted by molar-refractivity contribution is 5.13. The van der Waals surface area contributed by atoms with E-state index in [0.29, 0.717) is 11.8 Å². The molecule has 3 fully saturated rings. The Labute approximate surface area is 80.7 Å². The normalized spacial score (nSPS) is 41.8. The summed E-state index contributed by atoms with van der Waals surface area (Å²) >= 11 is 0. The van der Waals surface area contributed by atoms with E-state index in [9.17, 15) is 5.11 Å². The minimum absolute atomic E-state index is 0.106. The molecule has 3 aliphatic rings. The van der Waals surface area contributed by atoms with E-state index in [-0.39, 0.29) is 11.6 Å². The molecule has 0 aromatic heterocycles. The van der Waals surface area contributed by atoms with E-state index in [1.165, 1.54) is 12.8 Å². The van der Waals surface area contributed by atoms with Crippen LogP contribution in [0.25, 0.3) is 0 Å². The van der Waals surface area contributed by atoms with Gasteiger partial charge in [0, 0.05) is 5.54 Å². The Morgan fingerprint density at radius 3 is 2.31 bits per heavy atom. The summed E-state index contributed by atoms with van der Waals surface area (Å²) in [6, 6.07) is 0. The Morgan fingerprint density at radius 2 is 1.92 bits per heavy atom. The first kappa shape index (κ1) is 9.47. The lowest BCUT2D eigenvalue weighted by Gasteiger charge is -2.44. The van der Waals surface area contributed by atoms with Gasteiger partial charge in [-0.15, -0.1) is 0 Å². The predicted molar refractivity (Wildman–Crippen MR) is 53.5 cm³/mol. The monoisotopic (exact) mass is 183 g/mol. The number of aliphatic hydroxyl groups is 1. The topological polar surface area (TPSA) is 32.3 Å². The van der Waals surface area contributed by atoms with Crippen molar-refractivity contribution in [3.05, 3.63) is 0 Å². The second kappa shape index (κ2) is 2.96. The minimum atomic E-state index is -0.147. The van der Waals surface area contributed by atoms with Gasteiger partial charge in [-0.05, 0) is 37.1 Å². The van der Waals surface area contributed by atoms with Crippen LogP contribution < -0.4 is 5.32 Å². The average Bonchev–Trinajstić information content (AvgIpc) is 2.58. The predicted octanol–water partition coefficient (Wildman–Crippen LogP) is 1.39. The van der Waals surface area contributed by atoms with Gasteiger partial charge in [0.2, 0.25) is 0 Å². The van der Waals surface area contributed by atoms with E-state index in [1.807, 2.05) is 0 Å². The van der Waals surface area contributed by atoms with Crippen LogP contribution in [-0.2, 0) is 0 Å². The molecule has 2 bridgehead atoms. The minimum Gasteiger partial charge on any atom is -0.391 e. The van der Waals surface area contributed by atoms with E-state index in [4.69, 9.17) is 0 Å². The molecule has 1 saturated carbocycles. The van der Waals surface area contributed by atoms with Crippen LogP contribution in [0.3, 0.4) is 0 Å². The zero-order valence-corrected chi connectivity index (χ0v) is 8.88. The summed E-state index contributed by atoms with van der Waals surface area (Å²) in [7, 11) is 0. The lowest BCUT2D eigenvalue weighted by Crippen LogP contribution is -2.56. The molecule has 3 rings (SSSR count). The van der Waals surface area contributed by atoms with Crippen molar-refractivity contribution >= 4 is 0 Å². The highest BCUT2D eigenvalue weighted by Crippen LogP contribution is 2.47. The van der Waals surface area contributed by atoms with E-state index in [1.54, 1.807) is 0 Å². The molecule has 2 aliphatic heterocycles. The smallest absolute Gasteiger partial charge is 0.0749 e. The SMILES string of the molecule is CC(C)C(C)C(O)C12CC(CN1)C2. The summed E-state index contributed by atoms with van der Waals surface area (Å²) < 4.78 is 0. The fourth-order valence-electron chi connectivity index (χ4n) is 2.82. The maximum atomic E-state index is 10.2. The molecule has 0 aromatic carbocycles. The number of aliphatic hydroxyl groups excluding tert-OH is 1. The van der Waals surface area contributed by atoms with Crippen molar-refractivity contribution in [2.24, 2.45) is 17.8 Å². The number of hydrogen-bond acceptors (Lipinski definition) is 2. The molecule has 2 N–H and O–H groups in total. The summed E-state index contributed by atoms with van der Waals surface area (Å²) in [5, 5.41) is 13.7. The molecule has 2 unspecified atom stereocenters. The van der Waals surface area contributed by atoms with E-state index in [2.05, 4.69) is 26.1 Å². The first-order chi connectivity index (χ1) is 6.05. The summed E-state index contributed by atoms with van der Waals surface area (Å²) in [6.45, 7) is 7.67. The van der Waals surface area contributed by atoms with Crippen molar-refractivity contribution in [3.63, 3.8) is 0 Å². The van der Waals surface area contributed by atoms with Crippen molar-refractivity contribution in [1.82, 2.24) is 5.32 Å². The second-order valence-electron chi connectivity index (χ2n) is 5.36. The van der Waals surface area contributed by atoms with Crippen molar-refractivity contribution in [3.8, 4) is 0 Å². The van der Waals surface area contributed by atoms with E-state index in [0.717, 1.165) is 12.5 Å². The molecule has 1 aliphatic carbocycles. The first-order valence-corrected chi connectivity index (χ1v) is 5.48. The zero-order valence-electron chi connectivity index (χ0n) is 8.88. The Morgan fingerprint density at radius 1 is 1.31 bits per heavy atom. The molecule has 0 amide bonds. The van der Waals surface area contributed by atoms with Crippen LogP contribution in [0.1, 0.15) is 33.6 Å². The van der Waals surface area contributed by atoms with Crippen molar-refractivity contribution < 1.29 is 5.11 Å². The fourth-order valence-corrected chi connectivity index (χ4v) is 2.82. The highest BCUT2D eigenvalue weighted by atomic mass is 16.3. The molecule has 0 spiro atoms. The van der Waals surface area contributed by atoms with Crippen molar-refractivity contribution in [1.29, 1.82) is 0 Å². The second-order valence-corrected chi connectivity index (χ2v) is 5.36. The van der Waals surface area contributed by atoms with Crippen LogP contribution in [0, 0.1) is 17.8 Å². The molecule has 2 nitrogen and oxygen atoms in total. The molecular weight excluding hydrogens is 162 g/mol. The average molecular weight is 183 g/mol. The van der Waals surface area contributed by atoms with Gasteiger partial charge in [0.15, 0.2) is 0 Å². The summed E-state index contributed by atoms with van der Waals surface area (Å²) in [6.07, 6.45) is 2.25. The number of fused-ring (bicyclic) bond motifs is 1. The third kappa shape index (κ3) is 1.31. The molecule has 2 heterocycles. The Balaban J connectivity index is 2.00. The lowest BCUT2D eigenvalue weighted by molar-refractivity contribution is -0.0213. The maximum Gasteiger partial charge on any atom is 0.0749 e. The third-order valence-corrected chi connectivity index (χ3v) is 4.16.